The molecule has 0 spiro atoms. The van der Waals surface area contributed by atoms with Gasteiger partial charge in [0.05, 0.1) is 5.92 Å². The Kier molecular flexibility index (Phi) is 2.60. The normalized spacial score (nSPS) is 32.8. The molecule has 1 aliphatic rings. The molecule has 2 atom stereocenters. The van der Waals surface area contributed by atoms with Crippen molar-refractivity contribution < 1.29 is 18.3 Å². The van der Waals surface area contributed by atoms with Gasteiger partial charge in [0, 0.05) is 25.6 Å². The lowest BCUT2D eigenvalue weighted by Crippen LogP contribution is -2.32. The predicted molar refractivity (Wildman–Crippen MR) is 35.9 cm³/mol. The van der Waals surface area contributed by atoms with Crippen LogP contribution in [0.5, 0.6) is 0 Å². The van der Waals surface area contributed by atoms with Gasteiger partial charge in [0.15, 0.2) is 0 Å². The number of aliphatic hydroxyl groups is 1. The third-order valence-electron chi connectivity index (χ3n) is 2.12. The van der Waals surface area contributed by atoms with Gasteiger partial charge in [0.25, 0.3) is 0 Å². The second kappa shape index (κ2) is 3.20. The molecule has 0 aliphatic carbocycles. The van der Waals surface area contributed by atoms with Gasteiger partial charge in [0.2, 0.25) is 0 Å². The maximum absolute atomic E-state index is 12.2. The van der Waals surface area contributed by atoms with Crippen LogP contribution < -0.4 is 5.84 Å². The first-order valence-corrected chi connectivity index (χ1v) is 3.62. The van der Waals surface area contributed by atoms with Crippen molar-refractivity contribution in [1.29, 1.82) is 0 Å². The summed E-state index contributed by atoms with van der Waals surface area (Å²) in [5.41, 5.74) is 0. The van der Waals surface area contributed by atoms with Gasteiger partial charge < -0.3 is 5.11 Å². The molecule has 1 fully saturated rings. The summed E-state index contributed by atoms with van der Waals surface area (Å²) in [4.78, 5) is 0. The molecule has 6 heteroatoms. The van der Waals surface area contributed by atoms with Crippen molar-refractivity contribution in [3.63, 3.8) is 0 Å². The van der Waals surface area contributed by atoms with E-state index in [9.17, 15) is 13.2 Å². The Bertz CT molecular complexity index is 161. The second-order valence-corrected chi connectivity index (χ2v) is 3.04. The molecule has 3 N–H and O–H groups in total. The average Bonchev–Trinajstić information content (AvgIpc) is 2.29. The molecule has 0 radical (unpaired) electrons. The minimum absolute atomic E-state index is 0.112. The first-order chi connectivity index (χ1) is 5.45. The zero-order valence-electron chi connectivity index (χ0n) is 6.38. The Morgan fingerprint density at radius 3 is 2.33 bits per heavy atom. The summed E-state index contributed by atoms with van der Waals surface area (Å²) in [7, 11) is 0. The van der Waals surface area contributed by atoms with Gasteiger partial charge in [-0.3, -0.25) is 5.84 Å². The Labute approximate surface area is 67.9 Å². The topological polar surface area (TPSA) is 49.5 Å². The number of rotatable bonds is 1. The van der Waals surface area contributed by atoms with Crippen molar-refractivity contribution in [2.24, 2.45) is 17.7 Å². The molecule has 0 saturated carbocycles. The fraction of sp³-hybridized carbons (Fsp3) is 1.00. The Balaban J connectivity index is 2.64. The molecular weight excluding hydrogens is 173 g/mol. The van der Waals surface area contributed by atoms with E-state index in [0.29, 0.717) is 0 Å². The fourth-order valence-electron chi connectivity index (χ4n) is 1.46. The lowest BCUT2D eigenvalue weighted by molar-refractivity contribution is -0.183. The summed E-state index contributed by atoms with van der Waals surface area (Å²) in [6, 6.07) is 0. The first-order valence-electron chi connectivity index (χ1n) is 3.62. The Morgan fingerprint density at radius 2 is 2.00 bits per heavy atom. The third-order valence-corrected chi connectivity index (χ3v) is 2.12. The number of nitrogens with two attached hydrogens (primary N) is 1. The van der Waals surface area contributed by atoms with Gasteiger partial charge >= 0.3 is 6.18 Å². The molecule has 1 aliphatic heterocycles. The number of halogens is 3. The van der Waals surface area contributed by atoms with Crippen LogP contribution in [0.1, 0.15) is 0 Å². The Morgan fingerprint density at radius 1 is 1.42 bits per heavy atom. The second-order valence-electron chi connectivity index (χ2n) is 3.04. The molecule has 72 valence electrons. The highest BCUT2D eigenvalue weighted by atomic mass is 19.4. The van der Waals surface area contributed by atoms with Crippen LogP contribution in [0.3, 0.4) is 0 Å². The van der Waals surface area contributed by atoms with Crippen LogP contribution >= 0.6 is 0 Å². The van der Waals surface area contributed by atoms with E-state index >= 15 is 0 Å². The van der Waals surface area contributed by atoms with Crippen molar-refractivity contribution in [2.75, 3.05) is 19.7 Å². The van der Waals surface area contributed by atoms with E-state index in [2.05, 4.69) is 0 Å². The average molecular weight is 184 g/mol. The molecule has 12 heavy (non-hydrogen) atoms. The monoisotopic (exact) mass is 184 g/mol. The highest BCUT2D eigenvalue weighted by Crippen LogP contribution is 2.36. The van der Waals surface area contributed by atoms with Crippen molar-refractivity contribution in [1.82, 2.24) is 5.01 Å². The molecule has 1 heterocycles. The van der Waals surface area contributed by atoms with E-state index in [1.807, 2.05) is 0 Å². The third kappa shape index (κ3) is 1.88. The molecule has 3 nitrogen and oxygen atoms in total. The lowest BCUT2D eigenvalue weighted by atomic mass is 9.97. The molecule has 0 unspecified atom stereocenters. The molecule has 0 amide bonds. The van der Waals surface area contributed by atoms with Crippen LogP contribution in [0.25, 0.3) is 0 Å². The van der Waals surface area contributed by atoms with Crippen LogP contribution in [0, 0.1) is 11.8 Å². The van der Waals surface area contributed by atoms with E-state index in [1.54, 1.807) is 0 Å². The molecular formula is C6H11F3N2O. The standard InChI is InChI=1S/C6H11F3N2O/c7-6(8,9)5-2-11(10)1-4(5)3-12/h4-5,12H,1-3,10H2/t4-,5-/m1/s1. The maximum Gasteiger partial charge on any atom is 0.393 e. The van der Waals surface area contributed by atoms with E-state index in [1.165, 1.54) is 0 Å². The van der Waals surface area contributed by atoms with Crippen molar-refractivity contribution in [3.05, 3.63) is 0 Å². The van der Waals surface area contributed by atoms with E-state index in [0.717, 1.165) is 5.01 Å². The summed E-state index contributed by atoms with van der Waals surface area (Å²) < 4.78 is 36.5. The molecule has 1 rings (SSSR count). The van der Waals surface area contributed by atoms with Crippen LogP contribution in [0.4, 0.5) is 13.2 Å². The smallest absolute Gasteiger partial charge is 0.393 e. The number of nitrogens with zero attached hydrogens (tertiary/aromatic N) is 1. The number of hydrogen-bond acceptors (Lipinski definition) is 3. The minimum Gasteiger partial charge on any atom is -0.396 e. The molecule has 1 saturated heterocycles. The molecule has 0 aromatic heterocycles. The summed E-state index contributed by atoms with van der Waals surface area (Å²) >= 11 is 0. The van der Waals surface area contributed by atoms with E-state index < -0.39 is 24.6 Å². The number of alkyl halides is 3. The quantitative estimate of drug-likeness (QED) is 0.562. The summed E-state index contributed by atoms with van der Waals surface area (Å²) in [5, 5.41) is 9.73. The molecule has 0 aromatic rings. The van der Waals surface area contributed by atoms with E-state index in [-0.39, 0.29) is 13.1 Å². The van der Waals surface area contributed by atoms with Gasteiger partial charge in [-0.05, 0) is 0 Å². The summed E-state index contributed by atoms with van der Waals surface area (Å²) in [6.07, 6.45) is -4.25. The first kappa shape index (κ1) is 9.76. The van der Waals surface area contributed by atoms with Gasteiger partial charge in [-0.25, -0.2) is 5.01 Å². The zero-order valence-corrected chi connectivity index (χ0v) is 6.38. The molecule has 0 aromatic carbocycles. The summed E-state index contributed by atoms with van der Waals surface area (Å²) in [6.45, 7) is -0.562. The SMILES string of the molecule is NN1C[C@H](CO)[C@H](C(F)(F)F)C1. The molecule has 0 bridgehead atoms. The van der Waals surface area contributed by atoms with Crippen LogP contribution in [-0.4, -0.2) is 36.0 Å². The fourth-order valence-corrected chi connectivity index (χ4v) is 1.46. The lowest BCUT2D eigenvalue weighted by Gasteiger charge is -2.18. The number of hydrazine groups is 1. The highest BCUT2D eigenvalue weighted by molar-refractivity contribution is 4.85. The predicted octanol–water partition coefficient (Wildman–Crippen LogP) is -0.0373. The minimum atomic E-state index is -4.25. The van der Waals surface area contributed by atoms with Crippen molar-refractivity contribution >= 4 is 0 Å². The largest absolute Gasteiger partial charge is 0.396 e. The highest BCUT2D eigenvalue weighted by Gasteiger charge is 2.48. The Hall–Kier alpha value is -0.330. The zero-order chi connectivity index (χ0) is 9.35. The summed E-state index contributed by atoms with van der Waals surface area (Å²) in [5.74, 6) is 2.96. The van der Waals surface area contributed by atoms with Crippen LogP contribution in [0.2, 0.25) is 0 Å². The van der Waals surface area contributed by atoms with Crippen LogP contribution in [0.15, 0.2) is 0 Å². The van der Waals surface area contributed by atoms with Gasteiger partial charge in [0.1, 0.15) is 0 Å². The number of hydrogen-bond donors (Lipinski definition) is 2. The van der Waals surface area contributed by atoms with Crippen LogP contribution in [-0.2, 0) is 0 Å². The van der Waals surface area contributed by atoms with Crippen molar-refractivity contribution in [2.45, 2.75) is 6.18 Å². The van der Waals surface area contributed by atoms with Gasteiger partial charge in [-0.1, -0.05) is 0 Å². The number of aliphatic hydroxyl groups excluding tert-OH is 1. The van der Waals surface area contributed by atoms with Crippen molar-refractivity contribution in [3.8, 4) is 0 Å². The van der Waals surface area contributed by atoms with E-state index in [4.69, 9.17) is 10.9 Å². The van der Waals surface area contributed by atoms with Gasteiger partial charge in [-0.15, -0.1) is 0 Å². The van der Waals surface area contributed by atoms with Gasteiger partial charge in [-0.2, -0.15) is 13.2 Å². The maximum atomic E-state index is 12.2.